The third-order valence-corrected chi connectivity index (χ3v) is 5.92. The predicted molar refractivity (Wildman–Crippen MR) is 98.7 cm³/mol. The van der Waals surface area contributed by atoms with Crippen molar-refractivity contribution in [3.05, 3.63) is 65.8 Å². The van der Waals surface area contributed by atoms with Gasteiger partial charge < -0.3 is 4.42 Å². The Balaban J connectivity index is 1.78. The highest BCUT2D eigenvalue weighted by Crippen LogP contribution is 2.35. The van der Waals surface area contributed by atoms with E-state index in [2.05, 4.69) is 31.9 Å². The number of nitro benzene ring substituents is 1. The zero-order chi connectivity index (χ0) is 18.1. The van der Waals surface area contributed by atoms with Crippen LogP contribution in [-0.2, 0) is 11.3 Å². The smallest absolute Gasteiger partial charge is 0.293 e. The molecule has 2 amide bonds. The summed E-state index contributed by atoms with van der Waals surface area (Å²) < 4.78 is 6.57. The Morgan fingerprint density at radius 1 is 1.24 bits per heavy atom. The van der Waals surface area contributed by atoms with Crippen LogP contribution in [-0.4, -0.2) is 21.0 Å². The number of imide groups is 1. The fourth-order valence-corrected chi connectivity index (χ4v) is 3.53. The van der Waals surface area contributed by atoms with Crippen LogP contribution in [0.1, 0.15) is 11.3 Å². The standard InChI is InChI=1S/C15H8Br2N2O5S/c16-11-5-10(24-13(11)17)6-12-14(20)18(15(21)25-12)7-8-1-3-9(4-2-8)19(22)23/h1-6H,7H2/b12-6-. The van der Waals surface area contributed by atoms with E-state index in [0.29, 0.717) is 20.5 Å². The summed E-state index contributed by atoms with van der Waals surface area (Å²) in [5.41, 5.74) is 0.574. The largest absolute Gasteiger partial charge is 0.449 e. The number of hydrogen-bond acceptors (Lipinski definition) is 6. The molecular weight excluding hydrogens is 480 g/mol. The molecule has 0 radical (unpaired) electrons. The van der Waals surface area contributed by atoms with Crippen molar-refractivity contribution in [2.75, 3.05) is 0 Å². The van der Waals surface area contributed by atoms with Crippen LogP contribution in [0.15, 0.2) is 48.8 Å². The maximum absolute atomic E-state index is 12.4. The maximum Gasteiger partial charge on any atom is 0.293 e. The van der Waals surface area contributed by atoms with Gasteiger partial charge in [-0.2, -0.15) is 0 Å². The highest BCUT2D eigenvalue weighted by Gasteiger charge is 2.35. The lowest BCUT2D eigenvalue weighted by Gasteiger charge is -2.12. The second kappa shape index (κ2) is 7.14. The number of hydrogen-bond donors (Lipinski definition) is 0. The van der Waals surface area contributed by atoms with Crippen molar-refractivity contribution >= 4 is 66.5 Å². The average molecular weight is 488 g/mol. The monoisotopic (exact) mass is 486 g/mol. The van der Waals surface area contributed by atoms with Gasteiger partial charge in [-0.25, -0.2) is 0 Å². The Morgan fingerprint density at radius 2 is 1.92 bits per heavy atom. The summed E-state index contributed by atoms with van der Waals surface area (Å²) in [6, 6.07) is 7.39. The van der Waals surface area contributed by atoms with E-state index < -0.39 is 16.1 Å². The lowest BCUT2D eigenvalue weighted by Crippen LogP contribution is -2.27. The van der Waals surface area contributed by atoms with Crippen molar-refractivity contribution in [3.8, 4) is 0 Å². The number of amides is 2. The first-order valence-electron chi connectivity index (χ1n) is 6.78. The third kappa shape index (κ3) is 3.86. The minimum Gasteiger partial charge on any atom is -0.449 e. The molecule has 128 valence electrons. The SMILES string of the molecule is O=C1S/C(=C\c2cc(Br)c(Br)o2)C(=O)N1Cc1ccc([N+](=O)[O-])cc1. The number of rotatable bonds is 4. The molecule has 0 spiro atoms. The van der Waals surface area contributed by atoms with Crippen LogP contribution in [0.3, 0.4) is 0 Å². The van der Waals surface area contributed by atoms with E-state index in [1.807, 2.05) is 0 Å². The number of furan rings is 1. The first kappa shape index (κ1) is 17.9. The zero-order valence-electron chi connectivity index (χ0n) is 12.3. The number of halogens is 2. The number of non-ortho nitro benzene ring substituents is 1. The highest BCUT2D eigenvalue weighted by molar-refractivity contribution is 9.13. The fraction of sp³-hybridized carbons (Fsp3) is 0.0667. The molecule has 1 aromatic heterocycles. The number of nitro groups is 1. The van der Waals surface area contributed by atoms with Gasteiger partial charge in [0.1, 0.15) is 5.76 Å². The van der Waals surface area contributed by atoms with Gasteiger partial charge in [0.25, 0.3) is 16.8 Å². The van der Waals surface area contributed by atoms with Crippen LogP contribution in [0.2, 0.25) is 0 Å². The molecule has 7 nitrogen and oxygen atoms in total. The van der Waals surface area contributed by atoms with E-state index in [4.69, 9.17) is 4.42 Å². The van der Waals surface area contributed by atoms with Crippen molar-refractivity contribution in [1.82, 2.24) is 4.90 Å². The Morgan fingerprint density at radius 3 is 2.48 bits per heavy atom. The Labute approximate surface area is 162 Å². The molecule has 0 aliphatic carbocycles. The molecule has 2 aromatic rings. The van der Waals surface area contributed by atoms with Gasteiger partial charge in [-0.3, -0.25) is 24.6 Å². The molecule has 1 saturated heterocycles. The molecule has 1 aromatic carbocycles. The minimum absolute atomic E-state index is 0.0472. The lowest BCUT2D eigenvalue weighted by atomic mass is 10.2. The molecule has 25 heavy (non-hydrogen) atoms. The molecule has 0 N–H and O–H groups in total. The maximum atomic E-state index is 12.4. The van der Waals surface area contributed by atoms with Gasteiger partial charge >= 0.3 is 0 Å². The average Bonchev–Trinajstić information content (AvgIpc) is 3.01. The van der Waals surface area contributed by atoms with Crippen molar-refractivity contribution in [2.45, 2.75) is 6.54 Å². The first-order chi connectivity index (χ1) is 11.8. The van der Waals surface area contributed by atoms with Crippen molar-refractivity contribution in [1.29, 1.82) is 0 Å². The molecule has 10 heteroatoms. The molecule has 0 bridgehead atoms. The van der Waals surface area contributed by atoms with E-state index in [-0.39, 0.29) is 17.1 Å². The van der Waals surface area contributed by atoms with E-state index in [9.17, 15) is 19.7 Å². The Kier molecular flexibility index (Phi) is 5.11. The molecule has 1 fully saturated rings. The molecule has 0 saturated carbocycles. The molecule has 1 aliphatic heterocycles. The summed E-state index contributed by atoms with van der Waals surface area (Å²) in [5, 5.41) is 10.3. The second-order valence-electron chi connectivity index (χ2n) is 4.96. The fourth-order valence-electron chi connectivity index (χ4n) is 2.11. The lowest BCUT2D eigenvalue weighted by molar-refractivity contribution is -0.384. The highest BCUT2D eigenvalue weighted by atomic mass is 79.9. The number of nitrogens with zero attached hydrogens (tertiary/aromatic N) is 2. The Bertz CT molecular complexity index is 888. The van der Waals surface area contributed by atoms with Crippen molar-refractivity contribution in [3.63, 3.8) is 0 Å². The van der Waals surface area contributed by atoms with E-state index >= 15 is 0 Å². The van der Waals surface area contributed by atoms with Gasteiger partial charge in [-0.15, -0.1) is 0 Å². The van der Waals surface area contributed by atoms with E-state index in [1.165, 1.54) is 30.3 Å². The Hall–Kier alpha value is -1.91. The topological polar surface area (TPSA) is 93.7 Å². The molecule has 0 unspecified atom stereocenters. The van der Waals surface area contributed by atoms with Gasteiger partial charge in [-0.1, -0.05) is 12.1 Å². The third-order valence-electron chi connectivity index (χ3n) is 3.30. The van der Waals surface area contributed by atoms with Gasteiger partial charge in [-0.05, 0) is 55.3 Å². The van der Waals surface area contributed by atoms with Crippen LogP contribution in [0.4, 0.5) is 10.5 Å². The van der Waals surface area contributed by atoms with E-state index in [1.54, 1.807) is 6.07 Å². The predicted octanol–water partition coefficient (Wildman–Crippen LogP) is 4.95. The summed E-state index contributed by atoms with van der Waals surface area (Å²) in [5.74, 6) is -0.00316. The number of thioether (sulfide) groups is 1. The number of benzene rings is 1. The van der Waals surface area contributed by atoms with Crippen LogP contribution in [0.25, 0.3) is 6.08 Å². The van der Waals surface area contributed by atoms with Gasteiger partial charge in [0.15, 0.2) is 4.67 Å². The normalized spacial score (nSPS) is 16.1. The van der Waals surface area contributed by atoms with Gasteiger partial charge in [0, 0.05) is 18.2 Å². The second-order valence-corrected chi connectivity index (χ2v) is 7.53. The number of carbonyl (C=O) groups is 2. The van der Waals surface area contributed by atoms with Crippen LogP contribution < -0.4 is 0 Å². The summed E-state index contributed by atoms with van der Waals surface area (Å²) in [6.07, 6.45) is 1.50. The molecular formula is C15H8Br2N2O5S. The summed E-state index contributed by atoms with van der Waals surface area (Å²) in [7, 11) is 0. The van der Waals surface area contributed by atoms with Crippen LogP contribution >= 0.6 is 43.6 Å². The van der Waals surface area contributed by atoms with Crippen molar-refractivity contribution < 1.29 is 18.9 Å². The molecule has 1 aliphatic rings. The quantitative estimate of drug-likeness (QED) is 0.344. The summed E-state index contributed by atoms with van der Waals surface area (Å²) >= 11 is 7.30. The summed E-state index contributed by atoms with van der Waals surface area (Å²) in [4.78, 5) is 36.0. The molecule has 3 rings (SSSR count). The van der Waals surface area contributed by atoms with E-state index in [0.717, 1.165) is 16.7 Å². The van der Waals surface area contributed by atoms with Gasteiger partial charge in [0.2, 0.25) is 0 Å². The zero-order valence-corrected chi connectivity index (χ0v) is 16.3. The number of carbonyl (C=O) groups excluding carboxylic acids is 2. The minimum atomic E-state index is -0.508. The first-order valence-corrected chi connectivity index (χ1v) is 9.19. The molecule has 2 heterocycles. The van der Waals surface area contributed by atoms with Gasteiger partial charge in [0.05, 0.1) is 20.8 Å². The van der Waals surface area contributed by atoms with Crippen LogP contribution in [0, 0.1) is 10.1 Å². The summed E-state index contributed by atoms with van der Waals surface area (Å²) in [6.45, 7) is 0.0472. The van der Waals surface area contributed by atoms with Crippen LogP contribution in [0.5, 0.6) is 0 Å². The molecule has 0 atom stereocenters. The van der Waals surface area contributed by atoms with Crippen molar-refractivity contribution in [2.24, 2.45) is 0 Å².